The zero-order chi connectivity index (χ0) is 24.1. The van der Waals surface area contributed by atoms with Crippen LogP contribution in [0.4, 0.5) is 0 Å². The fourth-order valence-electron chi connectivity index (χ4n) is 3.65. The van der Waals surface area contributed by atoms with Gasteiger partial charge in [0.25, 0.3) is 0 Å². The van der Waals surface area contributed by atoms with Crippen LogP contribution in [0.15, 0.2) is 66.3 Å². The number of pyridine rings is 1. The molecule has 1 N–H and O–H groups in total. The van der Waals surface area contributed by atoms with E-state index in [-0.39, 0.29) is 18.4 Å². The average Bonchev–Trinajstić information content (AvgIpc) is 3.49. The Balaban J connectivity index is 1.72. The Labute approximate surface area is 202 Å². The summed E-state index contributed by atoms with van der Waals surface area (Å²) in [6.45, 7) is 6.22. The number of carbonyl (C=O) groups is 2. The monoisotopic (exact) mass is 476 g/mol. The molecule has 34 heavy (non-hydrogen) atoms. The lowest BCUT2D eigenvalue weighted by Gasteiger charge is -2.34. The first kappa shape index (κ1) is 23.6. The van der Waals surface area contributed by atoms with Crippen molar-refractivity contribution in [1.82, 2.24) is 30.2 Å². The lowest BCUT2D eigenvalue weighted by atomic mass is 9.99. The SMILES string of the molecule is CCC(C)(C)NC(=O)[C@H](c1cccnc1)N(Cc1cccs1)C(=O)Cn1nnc2ccccc21. The summed E-state index contributed by atoms with van der Waals surface area (Å²) < 4.78 is 1.58. The molecule has 0 radical (unpaired) electrons. The Morgan fingerprint density at radius 2 is 1.97 bits per heavy atom. The van der Waals surface area contributed by atoms with Crippen molar-refractivity contribution in [3.63, 3.8) is 0 Å². The van der Waals surface area contributed by atoms with E-state index in [4.69, 9.17) is 0 Å². The van der Waals surface area contributed by atoms with Gasteiger partial charge in [0.15, 0.2) is 0 Å². The maximum atomic E-state index is 13.8. The molecular formula is C25H28N6O2S. The van der Waals surface area contributed by atoms with Crippen molar-refractivity contribution in [3.8, 4) is 0 Å². The Morgan fingerprint density at radius 1 is 1.15 bits per heavy atom. The van der Waals surface area contributed by atoms with E-state index in [1.165, 1.54) is 0 Å². The van der Waals surface area contributed by atoms with Gasteiger partial charge in [0, 0.05) is 28.4 Å². The minimum absolute atomic E-state index is 0.0346. The standard InChI is InChI=1S/C25H28N6O2S/c1-4-25(2,3)27-24(33)23(18-9-7-13-26-15-18)30(16-19-10-8-14-34-19)22(32)17-31-21-12-6-5-11-20(21)28-29-31/h5-15,23H,4,16-17H2,1-3H3,(H,27,33)/t23-/m0/s1. The number of hydrogen-bond acceptors (Lipinski definition) is 6. The Hall–Kier alpha value is -3.59. The molecule has 0 aliphatic carbocycles. The summed E-state index contributed by atoms with van der Waals surface area (Å²) in [6.07, 6.45) is 4.05. The normalized spacial score (nSPS) is 12.4. The first-order valence-electron chi connectivity index (χ1n) is 11.2. The van der Waals surface area contributed by atoms with Crippen LogP contribution in [0.5, 0.6) is 0 Å². The molecule has 0 fully saturated rings. The summed E-state index contributed by atoms with van der Waals surface area (Å²) in [5.41, 5.74) is 1.71. The van der Waals surface area contributed by atoms with Gasteiger partial charge in [-0.3, -0.25) is 14.6 Å². The van der Waals surface area contributed by atoms with Gasteiger partial charge in [0.05, 0.1) is 12.1 Å². The lowest BCUT2D eigenvalue weighted by molar-refractivity contribution is -0.142. The zero-order valence-corrected chi connectivity index (χ0v) is 20.3. The molecule has 0 bridgehead atoms. The van der Waals surface area contributed by atoms with Gasteiger partial charge in [0.1, 0.15) is 18.1 Å². The number of thiophene rings is 1. The van der Waals surface area contributed by atoms with Crippen LogP contribution >= 0.6 is 11.3 Å². The first-order valence-corrected chi connectivity index (χ1v) is 12.1. The Morgan fingerprint density at radius 3 is 2.68 bits per heavy atom. The van der Waals surface area contributed by atoms with E-state index in [0.717, 1.165) is 16.8 Å². The smallest absolute Gasteiger partial charge is 0.247 e. The summed E-state index contributed by atoms with van der Waals surface area (Å²) in [5.74, 6) is -0.476. The van der Waals surface area contributed by atoms with Crippen LogP contribution in [-0.2, 0) is 22.7 Å². The molecule has 0 saturated carbocycles. The first-order chi connectivity index (χ1) is 16.4. The van der Waals surface area contributed by atoms with Gasteiger partial charge >= 0.3 is 0 Å². The second-order valence-corrected chi connectivity index (χ2v) is 9.78. The van der Waals surface area contributed by atoms with Gasteiger partial charge in [-0.05, 0) is 49.9 Å². The molecule has 4 aromatic rings. The van der Waals surface area contributed by atoms with Crippen molar-refractivity contribution in [1.29, 1.82) is 0 Å². The van der Waals surface area contributed by atoms with Crippen LogP contribution in [0.3, 0.4) is 0 Å². The second kappa shape index (κ2) is 10.1. The highest BCUT2D eigenvalue weighted by atomic mass is 32.1. The summed E-state index contributed by atoms with van der Waals surface area (Å²) in [5, 5.41) is 13.4. The number of hydrogen-bond donors (Lipinski definition) is 1. The molecule has 0 aliphatic heterocycles. The number of rotatable bonds is 9. The Bertz CT molecular complexity index is 1250. The largest absolute Gasteiger partial charge is 0.349 e. The topological polar surface area (TPSA) is 93.0 Å². The summed E-state index contributed by atoms with van der Waals surface area (Å²) >= 11 is 1.55. The van der Waals surface area contributed by atoms with Crippen LogP contribution in [0, 0.1) is 0 Å². The third kappa shape index (κ3) is 5.31. The second-order valence-electron chi connectivity index (χ2n) is 8.75. The van der Waals surface area contributed by atoms with E-state index in [9.17, 15) is 9.59 Å². The highest BCUT2D eigenvalue weighted by Crippen LogP contribution is 2.26. The Kier molecular flexibility index (Phi) is 7.02. The highest BCUT2D eigenvalue weighted by Gasteiger charge is 2.34. The van der Waals surface area contributed by atoms with E-state index in [1.54, 1.807) is 39.4 Å². The van der Waals surface area contributed by atoms with Crippen LogP contribution in [0.1, 0.15) is 43.7 Å². The quantitative estimate of drug-likeness (QED) is 0.395. The molecule has 176 valence electrons. The molecule has 4 rings (SSSR count). The van der Waals surface area contributed by atoms with Gasteiger partial charge in [-0.15, -0.1) is 16.4 Å². The molecule has 9 heteroatoms. The molecule has 0 saturated heterocycles. The van der Waals surface area contributed by atoms with Crippen LogP contribution in [-0.4, -0.2) is 42.2 Å². The molecule has 0 aliphatic rings. The van der Waals surface area contributed by atoms with E-state index >= 15 is 0 Å². The molecule has 1 aromatic carbocycles. The number of para-hydroxylation sites is 1. The fourth-order valence-corrected chi connectivity index (χ4v) is 4.35. The van der Waals surface area contributed by atoms with Crippen molar-refractivity contribution in [2.75, 3.05) is 0 Å². The highest BCUT2D eigenvalue weighted by molar-refractivity contribution is 7.09. The van der Waals surface area contributed by atoms with Crippen molar-refractivity contribution in [2.45, 2.75) is 51.9 Å². The van der Waals surface area contributed by atoms with E-state index in [2.05, 4.69) is 20.6 Å². The molecule has 0 spiro atoms. The van der Waals surface area contributed by atoms with Crippen molar-refractivity contribution in [2.24, 2.45) is 0 Å². The minimum Gasteiger partial charge on any atom is -0.349 e. The molecule has 3 heterocycles. The number of carbonyl (C=O) groups excluding carboxylic acids is 2. The summed E-state index contributed by atoms with van der Waals surface area (Å²) in [7, 11) is 0. The van der Waals surface area contributed by atoms with Gasteiger partial charge in [-0.1, -0.05) is 36.4 Å². The maximum Gasteiger partial charge on any atom is 0.247 e. The van der Waals surface area contributed by atoms with Crippen LogP contribution < -0.4 is 5.32 Å². The zero-order valence-electron chi connectivity index (χ0n) is 19.5. The summed E-state index contributed by atoms with van der Waals surface area (Å²) in [6, 6.07) is 14.2. The molecule has 3 aromatic heterocycles. The molecular weight excluding hydrogens is 448 g/mol. The van der Waals surface area contributed by atoms with E-state index < -0.39 is 11.6 Å². The third-order valence-corrected chi connectivity index (χ3v) is 6.70. The van der Waals surface area contributed by atoms with Crippen LogP contribution in [0.25, 0.3) is 11.0 Å². The molecule has 8 nitrogen and oxygen atoms in total. The number of amides is 2. The lowest BCUT2D eigenvalue weighted by Crippen LogP contribution is -2.50. The molecule has 2 amide bonds. The maximum absolute atomic E-state index is 13.8. The average molecular weight is 477 g/mol. The fraction of sp³-hybridized carbons (Fsp3) is 0.320. The van der Waals surface area contributed by atoms with E-state index in [1.807, 2.05) is 68.6 Å². The molecule has 0 unspecified atom stereocenters. The van der Waals surface area contributed by atoms with Gasteiger partial charge in [0.2, 0.25) is 11.8 Å². The van der Waals surface area contributed by atoms with Crippen molar-refractivity contribution < 1.29 is 9.59 Å². The number of nitrogens with one attached hydrogen (secondary N) is 1. The van der Waals surface area contributed by atoms with Crippen molar-refractivity contribution in [3.05, 3.63) is 76.7 Å². The third-order valence-electron chi connectivity index (χ3n) is 5.84. The van der Waals surface area contributed by atoms with Crippen molar-refractivity contribution >= 4 is 34.2 Å². The predicted octanol–water partition coefficient (Wildman–Crippen LogP) is 3.96. The summed E-state index contributed by atoms with van der Waals surface area (Å²) in [4.78, 5) is 34.2. The van der Waals surface area contributed by atoms with Gasteiger partial charge < -0.3 is 10.2 Å². The number of fused-ring (bicyclic) bond motifs is 1. The van der Waals surface area contributed by atoms with Crippen LogP contribution in [0.2, 0.25) is 0 Å². The number of aromatic nitrogens is 4. The van der Waals surface area contributed by atoms with Gasteiger partial charge in [-0.25, -0.2) is 4.68 Å². The molecule has 1 atom stereocenters. The minimum atomic E-state index is -0.844. The number of nitrogens with zero attached hydrogens (tertiary/aromatic N) is 5. The van der Waals surface area contributed by atoms with E-state index in [0.29, 0.717) is 17.6 Å². The van der Waals surface area contributed by atoms with Gasteiger partial charge in [-0.2, -0.15) is 0 Å². The predicted molar refractivity (Wildman–Crippen MR) is 132 cm³/mol. The number of benzene rings is 1.